The summed E-state index contributed by atoms with van der Waals surface area (Å²) in [5, 5.41) is 3.89. The van der Waals surface area contributed by atoms with Crippen LogP contribution in [0.3, 0.4) is 0 Å². The number of benzene rings is 1. The molecule has 0 aliphatic carbocycles. The normalized spacial score (nSPS) is 10.6. The molecule has 1 N–H and O–H groups in total. The molecule has 0 saturated carbocycles. The Morgan fingerprint density at radius 3 is 2.35 bits per heavy atom. The summed E-state index contributed by atoms with van der Waals surface area (Å²) in [6, 6.07) is 5.27. The van der Waals surface area contributed by atoms with Gasteiger partial charge in [-0.25, -0.2) is 9.97 Å². The van der Waals surface area contributed by atoms with Crippen LogP contribution in [0.1, 0.15) is 36.0 Å². The number of thiol groups is 1. The maximum Gasteiger partial charge on any atom is 0.254 e. The smallest absolute Gasteiger partial charge is 0.254 e. The van der Waals surface area contributed by atoms with Crippen molar-refractivity contribution in [3.63, 3.8) is 0 Å². The Kier molecular flexibility index (Phi) is 8.48. The summed E-state index contributed by atoms with van der Waals surface area (Å²) in [4.78, 5) is 22.3. The number of halogens is 2. The summed E-state index contributed by atoms with van der Waals surface area (Å²) < 4.78 is 0. The zero-order valence-electron chi connectivity index (χ0n) is 14.6. The molecule has 5 nitrogen and oxygen atoms in total. The number of hydrogen-bond acceptors (Lipinski definition) is 5. The average molecular weight is 413 g/mol. The van der Waals surface area contributed by atoms with Crippen LogP contribution >= 0.6 is 35.8 Å². The van der Waals surface area contributed by atoms with Crippen molar-refractivity contribution in [1.82, 2.24) is 15.3 Å². The number of nitrogens with zero attached hydrogens (tertiary/aromatic N) is 3. The van der Waals surface area contributed by atoms with Crippen LogP contribution in [0.5, 0.6) is 0 Å². The van der Waals surface area contributed by atoms with Crippen LogP contribution in [0.4, 0.5) is 11.6 Å². The molecule has 0 radical (unpaired) electrons. The Labute approximate surface area is 169 Å². The Morgan fingerprint density at radius 1 is 1.12 bits per heavy atom. The van der Waals surface area contributed by atoms with Gasteiger partial charge < -0.3 is 10.2 Å². The summed E-state index contributed by atoms with van der Waals surface area (Å²) >= 11 is 16.6. The second kappa shape index (κ2) is 10.6. The molecule has 1 aromatic heterocycles. The highest BCUT2D eigenvalue weighted by molar-refractivity contribution is 7.80. The number of carbonyl (C=O) groups is 1. The first kappa shape index (κ1) is 20.8. The minimum Gasteiger partial charge on any atom is -0.352 e. The van der Waals surface area contributed by atoms with Gasteiger partial charge in [0.1, 0.15) is 0 Å². The molecule has 1 heterocycles. The summed E-state index contributed by atoms with van der Waals surface area (Å²) in [6.07, 6.45) is 7.27. The highest BCUT2D eigenvalue weighted by Gasteiger charge is 2.15. The van der Waals surface area contributed by atoms with E-state index in [1.165, 1.54) is 12.4 Å². The van der Waals surface area contributed by atoms with Gasteiger partial charge in [0.2, 0.25) is 5.95 Å². The van der Waals surface area contributed by atoms with Crippen molar-refractivity contribution in [2.75, 3.05) is 24.2 Å². The van der Waals surface area contributed by atoms with Crippen LogP contribution in [-0.4, -0.2) is 35.2 Å². The van der Waals surface area contributed by atoms with E-state index in [0.29, 0.717) is 33.8 Å². The van der Waals surface area contributed by atoms with E-state index >= 15 is 0 Å². The largest absolute Gasteiger partial charge is 0.352 e. The Morgan fingerprint density at radius 2 is 1.73 bits per heavy atom. The number of hydrogen-bond donors (Lipinski definition) is 2. The van der Waals surface area contributed by atoms with E-state index in [1.807, 2.05) is 0 Å². The van der Waals surface area contributed by atoms with Gasteiger partial charge in [-0.1, -0.05) is 42.1 Å². The van der Waals surface area contributed by atoms with Crippen LogP contribution in [0.2, 0.25) is 10.0 Å². The van der Waals surface area contributed by atoms with Crippen LogP contribution in [0, 0.1) is 0 Å². The molecule has 140 valence electrons. The number of anilines is 2. The van der Waals surface area contributed by atoms with Gasteiger partial charge in [-0.3, -0.25) is 4.79 Å². The third kappa shape index (κ3) is 5.76. The quantitative estimate of drug-likeness (QED) is 0.459. The zero-order valence-corrected chi connectivity index (χ0v) is 17.0. The van der Waals surface area contributed by atoms with Gasteiger partial charge in [0, 0.05) is 26.0 Å². The van der Waals surface area contributed by atoms with E-state index in [2.05, 4.69) is 27.9 Å². The lowest BCUT2D eigenvalue weighted by molar-refractivity contribution is 0.0952. The number of amides is 1. The van der Waals surface area contributed by atoms with Gasteiger partial charge >= 0.3 is 0 Å². The maximum atomic E-state index is 12.1. The molecule has 1 amide bonds. The average Bonchev–Trinajstić information content (AvgIpc) is 2.64. The van der Waals surface area contributed by atoms with E-state index in [0.717, 1.165) is 31.4 Å². The SMILES string of the molecule is CN(c1ncc(C(=O)NCCCCCCS)cn1)c1c(Cl)cccc1Cl. The molecule has 0 aliphatic heterocycles. The topological polar surface area (TPSA) is 58.1 Å². The summed E-state index contributed by atoms with van der Waals surface area (Å²) in [5.74, 6) is 1.14. The van der Waals surface area contributed by atoms with Gasteiger partial charge in [0.25, 0.3) is 5.91 Å². The van der Waals surface area contributed by atoms with E-state index in [4.69, 9.17) is 23.2 Å². The zero-order chi connectivity index (χ0) is 18.9. The van der Waals surface area contributed by atoms with Crippen molar-refractivity contribution >= 4 is 53.4 Å². The number of rotatable bonds is 9. The number of carbonyl (C=O) groups excluding carboxylic acids is 1. The van der Waals surface area contributed by atoms with Crippen LogP contribution in [-0.2, 0) is 0 Å². The van der Waals surface area contributed by atoms with E-state index in [-0.39, 0.29) is 5.91 Å². The maximum absolute atomic E-state index is 12.1. The van der Waals surface area contributed by atoms with Crippen molar-refractivity contribution in [2.24, 2.45) is 0 Å². The molecule has 2 rings (SSSR count). The van der Waals surface area contributed by atoms with Gasteiger partial charge in [-0.05, 0) is 30.7 Å². The molecular weight excluding hydrogens is 391 g/mol. The van der Waals surface area contributed by atoms with E-state index < -0.39 is 0 Å². The van der Waals surface area contributed by atoms with Crippen molar-refractivity contribution in [3.8, 4) is 0 Å². The van der Waals surface area contributed by atoms with Crippen LogP contribution in [0.25, 0.3) is 0 Å². The second-order valence-corrected chi connectivity index (χ2v) is 7.06. The van der Waals surface area contributed by atoms with Crippen LogP contribution in [0.15, 0.2) is 30.6 Å². The molecule has 0 spiro atoms. The second-order valence-electron chi connectivity index (χ2n) is 5.79. The van der Waals surface area contributed by atoms with Crippen molar-refractivity contribution < 1.29 is 4.79 Å². The molecular formula is C18H22Cl2N4OS. The molecule has 0 atom stereocenters. The highest BCUT2D eigenvalue weighted by Crippen LogP contribution is 2.35. The highest BCUT2D eigenvalue weighted by atomic mass is 35.5. The van der Waals surface area contributed by atoms with E-state index in [1.54, 1.807) is 30.1 Å². The van der Waals surface area contributed by atoms with Gasteiger partial charge in [-0.15, -0.1) is 0 Å². The monoisotopic (exact) mass is 412 g/mol. The lowest BCUT2D eigenvalue weighted by atomic mass is 10.2. The fourth-order valence-electron chi connectivity index (χ4n) is 2.42. The summed E-state index contributed by atoms with van der Waals surface area (Å²) in [5.41, 5.74) is 1.04. The van der Waals surface area contributed by atoms with Gasteiger partial charge in [-0.2, -0.15) is 12.6 Å². The first-order valence-corrected chi connectivity index (χ1v) is 9.82. The summed E-state index contributed by atoms with van der Waals surface area (Å²) in [6.45, 7) is 0.641. The third-order valence-corrected chi connectivity index (χ3v) is 4.77. The number of nitrogens with one attached hydrogen (secondary N) is 1. The van der Waals surface area contributed by atoms with Gasteiger partial charge in [0.05, 0.1) is 21.3 Å². The molecule has 26 heavy (non-hydrogen) atoms. The molecule has 0 fully saturated rings. The van der Waals surface area contributed by atoms with Crippen molar-refractivity contribution in [3.05, 3.63) is 46.2 Å². The Balaban J connectivity index is 1.94. The van der Waals surface area contributed by atoms with Crippen molar-refractivity contribution in [2.45, 2.75) is 25.7 Å². The molecule has 0 bridgehead atoms. The molecule has 2 aromatic rings. The number of unbranched alkanes of at least 4 members (excludes halogenated alkanes) is 3. The molecule has 1 aromatic carbocycles. The number of aromatic nitrogens is 2. The van der Waals surface area contributed by atoms with E-state index in [9.17, 15) is 4.79 Å². The molecule has 0 aliphatic rings. The predicted molar refractivity (Wildman–Crippen MR) is 111 cm³/mol. The lowest BCUT2D eigenvalue weighted by Gasteiger charge is -2.19. The Bertz CT molecular complexity index is 707. The lowest BCUT2D eigenvalue weighted by Crippen LogP contribution is -2.25. The van der Waals surface area contributed by atoms with Crippen LogP contribution < -0.4 is 10.2 Å². The van der Waals surface area contributed by atoms with Gasteiger partial charge in [0.15, 0.2) is 0 Å². The minimum absolute atomic E-state index is 0.177. The molecule has 0 saturated heterocycles. The summed E-state index contributed by atoms with van der Waals surface area (Å²) in [7, 11) is 1.77. The first-order valence-electron chi connectivity index (χ1n) is 8.43. The Hall–Kier alpha value is -1.50. The first-order chi connectivity index (χ1) is 12.5. The molecule has 8 heteroatoms. The minimum atomic E-state index is -0.177. The molecule has 0 unspecified atom stereocenters. The number of para-hydroxylation sites is 1. The predicted octanol–water partition coefficient (Wildman–Crippen LogP) is 4.77. The standard InChI is InChI=1S/C18H22Cl2N4OS/c1-24(16-14(19)7-6-8-15(16)20)18-22-11-13(12-23-18)17(25)21-9-4-2-3-5-10-26/h6-8,11-12,26H,2-5,9-10H2,1H3,(H,21,25). The van der Waals surface area contributed by atoms with Crippen molar-refractivity contribution in [1.29, 1.82) is 0 Å². The third-order valence-electron chi connectivity index (χ3n) is 3.84. The fraction of sp³-hybridized carbons (Fsp3) is 0.389. The fourth-order valence-corrected chi connectivity index (χ4v) is 3.29.